The van der Waals surface area contributed by atoms with Crippen molar-refractivity contribution in [1.82, 2.24) is 0 Å². The highest BCUT2D eigenvalue weighted by atomic mass is 35.8. The summed E-state index contributed by atoms with van der Waals surface area (Å²) in [5, 5.41) is 0. The van der Waals surface area contributed by atoms with Gasteiger partial charge in [-0.05, 0) is 12.5 Å². The van der Waals surface area contributed by atoms with Crippen molar-refractivity contribution in [2.75, 3.05) is 6.61 Å². The molecule has 0 aromatic heterocycles. The van der Waals surface area contributed by atoms with E-state index in [1.165, 1.54) is 70.3 Å². The summed E-state index contributed by atoms with van der Waals surface area (Å²) in [7, 11) is 0. The van der Waals surface area contributed by atoms with E-state index in [0.717, 1.165) is 25.3 Å². The van der Waals surface area contributed by atoms with Gasteiger partial charge in [0.05, 0.1) is 6.61 Å². The molecule has 0 fully saturated rings. The average Bonchev–Trinajstić information content (AvgIpc) is 2.53. The largest absolute Gasteiger partial charge is 0.463 e. The molecule has 0 saturated carbocycles. The number of halogens is 3. The van der Waals surface area contributed by atoms with E-state index in [9.17, 15) is 4.79 Å². The van der Waals surface area contributed by atoms with Gasteiger partial charge in [-0.3, -0.25) is 0 Å². The van der Waals surface area contributed by atoms with Gasteiger partial charge in [-0.25, -0.2) is 4.79 Å². The van der Waals surface area contributed by atoms with Crippen molar-refractivity contribution < 1.29 is 9.53 Å². The van der Waals surface area contributed by atoms with Gasteiger partial charge >= 0.3 is 12.0 Å². The van der Waals surface area contributed by atoms with Crippen molar-refractivity contribution >= 4 is 45.2 Å². The fourth-order valence-electron chi connectivity index (χ4n) is 2.60. The Morgan fingerprint density at radius 2 is 1.12 bits per heavy atom. The molecule has 0 atom stereocenters. The van der Waals surface area contributed by atoms with Crippen LogP contribution in [-0.2, 0) is 9.53 Å². The van der Waals surface area contributed by atoms with Crippen LogP contribution in [0.25, 0.3) is 0 Å². The summed E-state index contributed by atoms with van der Waals surface area (Å²) in [6.07, 6.45) is 17.4. The molecule has 0 aromatic rings. The maximum absolute atomic E-state index is 10.8. The topological polar surface area (TPSA) is 26.3 Å². The third-order valence-electron chi connectivity index (χ3n) is 4.02. The zero-order valence-electron chi connectivity index (χ0n) is 14.8. The molecule has 0 saturated heterocycles. The van der Waals surface area contributed by atoms with Gasteiger partial charge in [-0.2, -0.15) is 0 Å². The van der Waals surface area contributed by atoms with E-state index in [1.54, 1.807) is 0 Å². The van der Waals surface area contributed by atoms with Crippen molar-refractivity contribution in [3.63, 3.8) is 0 Å². The minimum atomic E-state index is -2.38. The molecule has 142 valence electrons. The number of ether oxygens (including phenoxy) is 1. The lowest BCUT2D eigenvalue weighted by Gasteiger charge is -2.07. The molecule has 0 spiro atoms. The maximum atomic E-state index is 10.8. The molecule has 24 heavy (non-hydrogen) atoms. The predicted octanol–water partition coefficient (Wildman–Crippen LogP) is 7.44. The Balaban J connectivity index is 3.08. The molecule has 0 bridgehead atoms. The lowest BCUT2D eigenvalue weighted by atomic mass is 10.0. The molecule has 0 rings (SSSR count). The van der Waals surface area contributed by atoms with Crippen LogP contribution in [0.2, 0.25) is 6.04 Å². The van der Waals surface area contributed by atoms with Crippen LogP contribution >= 0.6 is 33.2 Å². The third-order valence-corrected chi connectivity index (χ3v) is 6.64. The molecule has 0 aliphatic heterocycles. The smallest absolute Gasteiger partial charge is 0.341 e. The van der Waals surface area contributed by atoms with E-state index in [2.05, 4.69) is 6.58 Å². The monoisotopic (exact) mass is 414 g/mol. The fourth-order valence-corrected chi connectivity index (χ4v) is 4.46. The van der Waals surface area contributed by atoms with Crippen molar-refractivity contribution in [3.8, 4) is 0 Å². The molecule has 0 aliphatic rings. The first-order chi connectivity index (χ1) is 11.5. The summed E-state index contributed by atoms with van der Waals surface area (Å²) in [4.78, 5) is 10.8. The molecule has 0 aliphatic carbocycles. The van der Waals surface area contributed by atoms with Gasteiger partial charge in [0.2, 0.25) is 0 Å². The van der Waals surface area contributed by atoms with Crippen molar-refractivity contribution in [2.24, 2.45) is 0 Å². The number of carbonyl (C=O) groups excluding carboxylic acids is 1. The van der Waals surface area contributed by atoms with Gasteiger partial charge in [0, 0.05) is 6.08 Å². The number of unbranched alkanes of at least 4 members (excludes halogenated alkanes) is 12. The van der Waals surface area contributed by atoms with Crippen LogP contribution in [-0.4, -0.2) is 18.6 Å². The summed E-state index contributed by atoms with van der Waals surface area (Å²) in [5.74, 6) is -0.317. The van der Waals surface area contributed by atoms with Crippen molar-refractivity contribution in [2.45, 2.75) is 89.5 Å². The quantitative estimate of drug-likeness (QED) is 0.0810. The van der Waals surface area contributed by atoms with E-state index < -0.39 is 6.00 Å². The molecule has 0 unspecified atom stereocenters. The van der Waals surface area contributed by atoms with Crippen LogP contribution in [0.4, 0.5) is 0 Å². The Kier molecular flexibility index (Phi) is 17.0. The number of rotatable bonds is 17. The van der Waals surface area contributed by atoms with Crippen molar-refractivity contribution in [3.05, 3.63) is 12.7 Å². The van der Waals surface area contributed by atoms with Gasteiger partial charge in [-0.15, -0.1) is 33.2 Å². The molecule has 2 nitrogen and oxygen atoms in total. The highest BCUT2D eigenvalue weighted by Gasteiger charge is 2.23. The van der Waals surface area contributed by atoms with Gasteiger partial charge < -0.3 is 4.74 Å². The Labute approximate surface area is 163 Å². The maximum Gasteiger partial charge on any atom is 0.341 e. The van der Waals surface area contributed by atoms with Crippen LogP contribution < -0.4 is 0 Å². The van der Waals surface area contributed by atoms with Crippen LogP contribution in [0.1, 0.15) is 83.5 Å². The van der Waals surface area contributed by atoms with Crippen molar-refractivity contribution in [1.29, 1.82) is 0 Å². The fraction of sp³-hybridized carbons (Fsp3) is 0.833. The number of hydrogen-bond donors (Lipinski definition) is 0. The highest BCUT2D eigenvalue weighted by molar-refractivity contribution is 7.64. The molecule has 6 heteroatoms. The number of hydrogen-bond acceptors (Lipinski definition) is 2. The Morgan fingerprint density at radius 1 is 0.750 bits per heavy atom. The number of carbonyl (C=O) groups is 1. The van der Waals surface area contributed by atoms with E-state index in [4.69, 9.17) is 38.0 Å². The van der Waals surface area contributed by atoms with Crippen LogP contribution in [0.3, 0.4) is 0 Å². The van der Waals surface area contributed by atoms with Gasteiger partial charge in [0.1, 0.15) is 0 Å². The Bertz CT molecular complexity index is 320. The van der Waals surface area contributed by atoms with Crippen LogP contribution in [0.15, 0.2) is 12.7 Å². The molecule has 0 N–H and O–H groups in total. The molecule has 0 radical (unpaired) electrons. The summed E-state index contributed by atoms with van der Waals surface area (Å²) in [6, 6.07) is -1.58. The lowest BCUT2D eigenvalue weighted by Crippen LogP contribution is -2.07. The number of esters is 1. The zero-order valence-corrected chi connectivity index (χ0v) is 18.1. The van der Waals surface area contributed by atoms with E-state index in [1.807, 2.05) is 0 Å². The molecular formula is C18H33Cl3O2Si. The van der Waals surface area contributed by atoms with Crippen LogP contribution in [0.5, 0.6) is 0 Å². The lowest BCUT2D eigenvalue weighted by molar-refractivity contribution is -0.137. The minimum absolute atomic E-state index is 0.317. The summed E-state index contributed by atoms with van der Waals surface area (Å²) in [6.45, 7) is 3.89. The first kappa shape index (κ1) is 24.3. The first-order valence-electron chi connectivity index (χ1n) is 9.31. The molecule has 0 heterocycles. The Morgan fingerprint density at radius 3 is 1.50 bits per heavy atom. The summed E-state index contributed by atoms with van der Waals surface area (Å²) >= 11 is 17.6. The summed E-state index contributed by atoms with van der Waals surface area (Å²) < 4.78 is 4.94. The first-order valence-corrected chi connectivity index (χ1v) is 14.6. The van der Waals surface area contributed by atoms with E-state index in [-0.39, 0.29) is 5.97 Å². The second kappa shape index (κ2) is 16.7. The standard InChI is InChI=1S/C18H33Cl3O2Si/c1-2-18(22)23-16-14-12-10-8-6-4-3-5-7-9-11-13-15-17-24(19,20)21/h2H,1,3-17H2. The van der Waals surface area contributed by atoms with E-state index >= 15 is 0 Å². The zero-order chi connectivity index (χ0) is 18.1. The third kappa shape index (κ3) is 20.3. The van der Waals surface area contributed by atoms with E-state index in [0.29, 0.717) is 6.61 Å². The predicted molar refractivity (Wildman–Crippen MR) is 109 cm³/mol. The molecule has 0 amide bonds. The van der Waals surface area contributed by atoms with Gasteiger partial charge in [0.25, 0.3) is 0 Å². The second-order valence-electron chi connectivity index (χ2n) is 6.33. The highest BCUT2D eigenvalue weighted by Crippen LogP contribution is 2.27. The van der Waals surface area contributed by atoms with Gasteiger partial charge in [0.15, 0.2) is 0 Å². The van der Waals surface area contributed by atoms with Gasteiger partial charge in [-0.1, -0.05) is 83.6 Å². The van der Waals surface area contributed by atoms with Crippen LogP contribution in [0, 0.1) is 0 Å². The SMILES string of the molecule is C=CC(=O)OCCCCCCCCCCCCCCC[Si](Cl)(Cl)Cl. The average molecular weight is 416 g/mol. The minimum Gasteiger partial charge on any atom is -0.463 e. The summed E-state index contributed by atoms with van der Waals surface area (Å²) in [5.41, 5.74) is 0. The normalized spacial score (nSPS) is 11.5. The molecule has 0 aromatic carbocycles. The molecular weight excluding hydrogens is 383 g/mol. The Hall–Kier alpha value is 0.297. The second-order valence-corrected chi connectivity index (χ2v) is 15.6.